The van der Waals surface area contributed by atoms with Gasteiger partial charge in [0.1, 0.15) is 0 Å². The van der Waals surface area contributed by atoms with Gasteiger partial charge in [0.05, 0.1) is 6.04 Å². The number of para-hydroxylation sites is 1. The Bertz CT molecular complexity index is 713. The van der Waals surface area contributed by atoms with Gasteiger partial charge in [-0.25, -0.2) is 5.01 Å². The number of carbonyl (C=O) groups excluding carboxylic acids is 1. The molecule has 0 unspecified atom stereocenters. The van der Waals surface area contributed by atoms with Crippen LogP contribution in [0.15, 0.2) is 48.8 Å². The Morgan fingerprint density at radius 3 is 2.36 bits per heavy atom. The Labute approximate surface area is 150 Å². The minimum atomic E-state index is 0.251. The van der Waals surface area contributed by atoms with E-state index in [9.17, 15) is 4.79 Å². The number of piperidine rings is 1. The largest absolute Gasteiger partial charge is 0.371 e. The van der Waals surface area contributed by atoms with Gasteiger partial charge in [0.2, 0.25) is 5.91 Å². The van der Waals surface area contributed by atoms with Crippen molar-refractivity contribution < 1.29 is 4.79 Å². The van der Waals surface area contributed by atoms with Gasteiger partial charge in [0, 0.05) is 37.1 Å². The Morgan fingerprint density at radius 2 is 1.72 bits per heavy atom. The van der Waals surface area contributed by atoms with Crippen LogP contribution >= 0.6 is 0 Å². The van der Waals surface area contributed by atoms with Crippen molar-refractivity contribution in [3.63, 3.8) is 0 Å². The first-order valence-corrected chi connectivity index (χ1v) is 9.57. The first kappa shape index (κ1) is 16.2. The van der Waals surface area contributed by atoms with Crippen molar-refractivity contribution in [2.45, 2.75) is 45.1 Å². The summed E-state index contributed by atoms with van der Waals surface area (Å²) in [5.41, 5.74) is 2.78. The molecule has 1 aromatic carbocycles. The molecule has 25 heavy (non-hydrogen) atoms. The first-order valence-electron chi connectivity index (χ1n) is 9.57. The molecule has 0 N–H and O–H groups in total. The summed E-state index contributed by atoms with van der Waals surface area (Å²) in [6.45, 7) is 4.24. The monoisotopic (exact) mass is 337 g/mol. The molecular weight excluding hydrogens is 310 g/mol. The highest BCUT2D eigenvalue weighted by Crippen LogP contribution is 2.33. The predicted octanol–water partition coefficient (Wildman–Crippen LogP) is 3.59. The van der Waals surface area contributed by atoms with Gasteiger partial charge in [0.25, 0.3) is 0 Å². The molecule has 2 aromatic rings. The Morgan fingerprint density at radius 1 is 1.04 bits per heavy atom. The summed E-state index contributed by atoms with van der Waals surface area (Å²) in [7, 11) is 0. The van der Waals surface area contributed by atoms with E-state index in [0.29, 0.717) is 11.9 Å². The van der Waals surface area contributed by atoms with E-state index < -0.39 is 0 Å². The molecule has 4 nitrogen and oxygen atoms in total. The molecular formula is C21H27N3O. The van der Waals surface area contributed by atoms with Crippen LogP contribution in [-0.2, 0) is 11.2 Å². The van der Waals surface area contributed by atoms with Crippen molar-refractivity contribution >= 4 is 11.6 Å². The highest BCUT2D eigenvalue weighted by molar-refractivity contribution is 5.90. The molecule has 4 rings (SSSR count). The zero-order valence-electron chi connectivity index (χ0n) is 15.0. The average Bonchev–Trinajstić information content (AvgIpc) is 3.39. The van der Waals surface area contributed by atoms with Crippen LogP contribution in [0.1, 0.15) is 38.2 Å². The van der Waals surface area contributed by atoms with E-state index in [1.807, 2.05) is 34.2 Å². The molecule has 1 saturated carbocycles. The minimum Gasteiger partial charge on any atom is -0.371 e. The molecule has 1 saturated heterocycles. The van der Waals surface area contributed by atoms with Gasteiger partial charge in [-0.3, -0.25) is 9.47 Å². The first-order chi connectivity index (χ1) is 12.3. The number of aryl methyl sites for hydroxylation is 1. The van der Waals surface area contributed by atoms with Crippen LogP contribution in [0.5, 0.6) is 0 Å². The number of aromatic nitrogens is 1. The lowest BCUT2D eigenvalue weighted by atomic mass is 10.0. The third kappa shape index (κ3) is 3.30. The summed E-state index contributed by atoms with van der Waals surface area (Å²) < 4.78 is 2.00. The molecule has 0 atom stereocenters. The van der Waals surface area contributed by atoms with Gasteiger partial charge in [-0.05, 0) is 55.9 Å². The van der Waals surface area contributed by atoms with Crippen molar-refractivity contribution in [2.75, 3.05) is 23.0 Å². The maximum atomic E-state index is 12.8. The predicted molar refractivity (Wildman–Crippen MR) is 101 cm³/mol. The van der Waals surface area contributed by atoms with Crippen LogP contribution in [0.2, 0.25) is 0 Å². The Kier molecular flexibility index (Phi) is 4.51. The lowest BCUT2D eigenvalue weighted by Crippen LogP contribution is -2.53. The molecule has 1 aromatic heterocycles. The van der Waals surface area contributed by atoms with Gasteiger partial charge in [-0.1, -0.05) is 25.1 Å². The standard InChI is InChI=1S/C21H27N3O/c1-2-17-7-3-4-8-20(17)22-15-11-19(12-16-22)24(21(25)18-9-10-18)23-13-5-6-14-23/h3-8,13-14,18-19H,2,9-12,15-16H2,1H3. The zero-order chi connectivity index (χ0) is 17.2. The van der Waals surface area contributed by atoms with Crippen LogP contribution in [-0.4, -0.2) is 29.7 Å². The molecule has 132 valence electrons. The summed E-state index contributed by atoms with van der Waals surface area (Å²) in [4.78, 5) is 15.3. The molecule has 1 aliphatic heterocycles. The molecule has 0 spiro atoms. The number of hydrogen-bond donors (Lipinski definition) is 0. The van der Waals surface area contributed by atoms with E-state index in [2.05, 4.69) is 36.1 Å². The number of carbonyl (C=O) groups is 1. The maximum Gasteiger partial charge on any atom is 0.244 e. The van der Waals surface area contributed by atoms with E-state index in [1.165, 1.54) is 11.3 Å². The average molecular weight is 337 g/mol. The second kappa shape index (κ2) is 6.95. The van der Waals surface area contributed by atoms with Crippen LogP contribution < -0.4 is 9.91 Å². The highest BCUT2D eigenvalue weighted by Gasteiger charge is 2.38. The molecule has 2 heterocycles. The molecule has 1 aliphatic carbocycles. The fourth-order valence-electron chi connectivity index (χ4n) is 3.94. The third-order valence-corrected chi connectivity index (χ3v) is 5.51. The molecule has 4 heteroatoms. The van der Waals surface area contributed by atoms with Crippen molar-refractivity contribution in [1.82, 2.24) is 4.68 Å². The number of anilines is 1. The van der Waals surface area contributed by atoms with Crippen LogP contribution in [0, 0.1) is 5.92 Å². The van der Waals surface area contributed by atoms with Crippen LogP contribution in [0.25, 0.3) is 0 Å². The highest BCUT2D eigenvalue weighted by atomic mass is 16.2. The normalized spacial score (nSPS) is 18.4. The zero-order valence-corrected chi connectivity index (χ0v) is 15.0. The fraction of sp³-hybridized carbons (Fsp3) is 0.476. The number of rotatable bonds is 5. The van der Waals surface area contributed by atoms with Crippen molar-refractivity contribution in [3.05, 3.63) is 54.4 Å². The van der Waals surface area contributed by atoms with Crippen LogP contribution in [0.3, 0.4) is 0 Å². The minimum absolute atomic E-state index is 0.251. The van der Waals surface area contributed by atoms with Crippen molar-refractivity contribution in [2.24, 2.45) is 5.92 Å². The van der Waals surface area contributed by atoms with E-state index in [-0.39, 0.29) is 5.92 Å². The quantitative estimate of drug-likeness (QED) is 0.834. The lowest BCUT2D eigenvalue weighted by molar-refractivity contribution is -0.122. The SMILES string of the molecule is CCc1ccccc1N1CCC(N(C(=O)C2CC2)n2cccc2)CC1. The number of nitrogens with zero attached hydrogens (tertiary/aromatic N) is 3. The maximum absolute atomic E-state index is 12.8. The fourth-order valence-corrected chi connectivity index (χ4v) is 3.94. The topological polar surface area (TPSA) is 28.5 Å². The second-order valence-electron chi connectivity index (χ2n) is 7.22. The summed E-state index contributed by atoms with van der Waals surface area (Å²) in [5.74, 6) is 0.560. The van der Waals surface area contributed by atoms with E-state index in [4.69, 9.17) is 0 Å². The number of benzene rings is 1. The summed E-state index contributed by atoms with van der Waals surface area (Å²) in [6.07, 6.45) is 9.21. The van der Waals surface area contributed by atoms with Gasteiger partial charge >= 0.3 is 0 Å². The summed E-state index contributed by atoms with van der Waals surface area (Å²) >= 11 is 0. The molecule has 1 amide bonds. The van der Waals surface area contributed by atoms with Crippen molar-refractivity contribution in [3.8, 4) is 0 Å². The van der Waals surface area contributed by atoms with Gasteiger partial charge < -0.3 is 4.90 Å². The summed E-state index contributed by atoms with van der Waals surface area (Å²) in [5, 5.41) is 2.03. The molecule has 2 fully saturated rings. The Hall–Kier alpha value is -2.23. The van der Waals surface area contributed by atoms with Crippen LogP contribution in [0.4, 0.5) is 5.69 Å². The lowest BCUT2D eigenvalue weighted by Gasteiger charge is -2.40. The van der Waals surface area contributed by atoms with E-state index in [0.717, 1.165) is 45.2 Å². The van der Waals surface area contributed by atoms with E-state index in [1.54, 1.807) is 0 Å². The summed E-state index contributed by atoms with van der Waals surface area (Å²) in [6, 6.07) is 13.0. The van der Waals surface area contributed by atoms with Gasteiger partial charge in [-0.15, -0.1) is 0 Å². The smallest absolute Gasteiger partial charge is 0.244 e. The van der Waals surface area contributed by atoms with E-state index >= 15 is 0 Å². The Balaban J connectivity index is 1.49. The van der Waals surface area contributed by atoms with Gasteiger partial charge in [0.15, 0.2) is 0 Å². The molecule has 0 radical (unpaired) electrons. The third-order valence-electron chi connectivity index (χ3n) is 5.51. The molecule has 2 aliphatic rings. The van der Waals surface area contributed by atoms with Crippen molar-refractivity contribution in [1.29, 1.82) is 0 Å². The number of hydrogen-bond acceptors (Lipinski definition) is 2. The second-order valence-corrected chi connectivity index (χ2v) is 7.22. The molecule has 0 bridgehead atoms. The number of amides is 1. The van der Waals surface area contributed by atoms with Gasteiger partial charge in [-0.2, -0.15) is 0 Å².